The Morgan fingerprint density at radius 3 is 2.38 bits per heavy atom. The summed E-state index contributed by atoms with van der Waals surface area (Å²) in [6, 6.07) is 10.4. The lowest BCUT2D eigenvalue weighted by molar-refractivity contribution is 0.622. The molecule has 2 aromatic rings. The molecule has 0 fully saturated rings. The largest absolute Gasteiger partial charge is 0.206 e. The van der Waals surface area contributed by atoms with Gasteiger partial charge in [0, 0.05) is 20.6 Å². The number of benzene rings is 2. The van der Waals surface area contributed by atoms with Crippen LogP contribution < -0.4 is 0 Å². The molecule has 0 amide bonds. The van der Waals surface area contributed by atoms with Crippen molar-refractivity contribution in [1.29, 1.82) is 0 Å². The molecule has 0 radical (unpaired) electrons. The predicted molar refractivity (Wildman–Crippen MR) is 72.2 cm³/mol. The van der Waals surface area contributed by atoms with Gasteiger partial charge in [-0.25, -0.2) is 4.39 Å². The summed E-state index contributed by atoms with van der Waals surface area (Å²) in [7, 11) is 0. The van der Waals surface area contributed by atoms with E-state index in [9.17, 15) is 4.39 Å². The third kappa shape index (κ3) is 2.17. The third-order valence-corrected chi connectivity index (χ3v) is 3.97. The van der Waals surface area contributed by atoms with Gasteiger partial charge < -0.3 is 0 Å². The second kappa shape index (κ2) is 4.86. The molecule has 2 rings (SSSR count). The Bertz CT molecular complexity index is 520. The van der Waals surface area contributed by atoms with Crippen LogP contribution in [0.4, 0.5) is 4.39 Å². The van der Waals surface area contributed by atoms with E-state index in [0.717, 1.165) is 15.6 Å². The first-order valence-electron chi connectivity index (χ1n) is 4.49. The molecule has 0 unspecified atom stereocenters. The molecule has 0 N–H and O–H groups in total. The Labute approximate surface area is 115 Å². The molecule has 0 saturated carbocycles. The molecule has 16 heavy (non-hydrogen) atoms. The predicted octanol–water partition coefficient (Wildman–Crippen LogP) is 5.67. The van der Waals surface area contributed by atoms with Gasteiger partial charge in [-0.1, -0.05) is 45.7 Å². The maximum atomic E-state index is 13.4. The van der Waals surface area contributed by atoms with Crippen LogP contribution in [-0.2, 0) is 0 Å². The van der Waals surface area contributed by atoms with E-state index in [4.69, 9.17) is 11.6 Å². The van der Waals surface area contributed by atoms with Gasteiger partial charge in [-0.3, -0.25) is 0 Å². The fourth-order valence-electron chi connectivity index (χ4n) is 1.45. The maximum absolute atomic E-state index is 13.4. The van der Waals surface area contributed by atoms with E-state index in [1.165, 1.54) is 6.07 Å². The summed E-state index contributed by atoms with van der Waals surface area (Å²) in [6.07, 6.45) is 0. The second-order valence-corrected chi connectivity index (χ2v) is 5.25. The number of halogens is 4. The van der Waals surface area contributed by atoms with Gasteiger partial charge in [0.1, 0.15) is 5.82 Å². The van der Waals surface area contributed by atoms with Crippen LogP contribution >= 0.6 is 43.5 Å². The lowest BCUT2D eigenvalue weighted by Gasteiger charge is -2.09. The topological polar surface area (TPSA) is 0 Å². The van der Waals surface area contributed by atoms with E-state index in [1.807, 2.05) is 18.2 Å². The summed E-state index contributed by atoms with van der Waals surface area (Å²) in [6.45, 7) is 0. The zero-order valence-corrected chi connectivity index (χ0v) is 11.9. The highest BCUT2D eigenvalue weighted by Crippen LogP contribution is 2.39. The first kappa shape index (κ1) is 12.1. The van der Waals surface area contributed by atoms with E-state index in [2.05, 4.69) is 31.9 Å². The molecular weight excluding hydrogens is 358 g/mol. The average Bonchev–Trinajstić information content (AvgIpc) is 2.24. The second-order valence-electron chi connectivity index (χ2n) is 3.20. The molecule has 82 valence electrons. The Morgan fingerprint density at radius 1 is 1.00 bits per heavy atom. The van der Waals surface area contributed by atoms with Crippen LogP contribution in [0, 0.1) is 5.82 Å². The number of hydrogen-bond donors (Lipinski definition) is 0. The van der Waals surface area contributed by atoms with Gasteiger partial charge in [0.05, 0.1) is 4.47 Å². The molecule has 0 aliphatic rings. The number of rotatable bonds is 1. The van der Waals surface area contributed by atoms with E-state index in [0.29, 0.717) is 9.50 Å². The Hall–Kier alpha value is -0.380. The van der Waals surface area contributed by atoms with E-state index in [1.54, 1.807) is 12.1 Å². The van der Waals surface area contributed by atoms with Gasteiger partial charge in [-0.2, -0.15) is 0 Å². The molecule has 0 saturated heterocycles. The van der Waals surface area contributed by atoms with Gasteiger partial charge in [-0.05, 0) is 34.1 Å². The van der Waals surface area contributed by atoms with Crippen molar-refractivity contribution in [3.8, 4) is 11.1 Å². The first-order chi connectivity index (χ1) is 7.61. The van der Waals surface area contributed by atoms with Gasteiger partial charge in [0.15, 0.2) is 0 Å². The Balaban J connectivity index is 2.73. The Morgan fingerprint density at radius 2 is 1.69 bits per heavy atom. The molecule has 0 aromatic heterocycles. The molecular formula is C12H6Br2ClF. The molecule has 2 aromatic carbocycles. The van der Waals surface area contributed by atoms with Crippen LogP contribution in [0.3, 0.4) is 0 Å². The van der Waals surface area contributed by atoms with Crippen LogP contribution in [0.15, 0.2) is 45.3 Å². The highest BCUT2D eigenvalue weighted by Gasteiger charge is 2.13. The Kier molecular flexibility index (Phi) is 3.67. The molecule has 0 heterocycles. The van der Waals surface area contributed by atoms with E-state index < -0.39 is 0 Å². The van der Waals surface area contributed by atoms with Crippen molar-refractivity contribution >= 4 is 43.5 Å². The number of hydrogen-bond acceptors (Lipinski definition) is 0. The molecule has 0 spiro atoms. The summed E-state index contributed by atoms with van der Waals surface area (Å²) >= 11 is 12.8. The lowest BCUT2D eigenvalue weighted by atomic mass is 10.1. The van der Waals surface area contributed by atoms with Crippen molar-refractivity contribution in [3.05, 3.63) is 56.2 Å². The molecule has 0 aliphatic carbocycles. The fraction of sp³-hybridized carbons (Fsp3) is 0. The zero-order chi connectivity index (χ0) is 11.7. The normalized spacial score (nSPS) is 10.5. The maximum Gasteiger partial charge on any atom is 0.138 e. The summed E-state index contributed by atoms with van der Waals surface area (Å²) in [5, 5.41) is 0.584. The van der Waals surface area contributed by atoms with Crippen molar-refractivity contribution in [3.63, 3.8) is 0 Å². The summed E-state index contributed by atoms with van der Waals surface area (Å²) in [4.78, 5) is 0. The quantitative estimate of drug-likeness (QED) is 0.611. The molecule has 0 nitrogen and oxygen atoms in total. The lowest BCUT2D eigenvalue weighted by Crippen LogP contribution is -1.86. The van der Waals surface area contributed by atoms with Crippen molar-refractivity contribution in [2.45, 2.75) is 0 Å². The summed E-state index contributed by atoms with van der Waals surface area (Å²) < 4.78 is 14.7. The van der Waals surface area contributed by atoms with Crippen LogP contribution in [0.25, 0.3) is 11.1 Å². The van der Waals surface area contributed by atoms with Gasteiger partial charge in [-0.15, -0.1) is 0 Å². The highest BCUT2D eigenvalue weighted by molar-refractivity contribution is 9.11. The minimum Gasteiger partial charge on any atom is -0.206 e. The molecule has 0 aliphatic heterocycles. The summed E-state index contributed by atoms with van der Waals surface area (Å²) in [5.74, 6) is -0.302. The molecule has 4 heteroatoms. The first-order valence-corrected chi connectivity index (χ1v) is 6.46. The third-order valence-electron chi connectivity index (χ3n) is 2.18. The highest BCUT2D eigenvalue weighted by atomic mass is 79.9. The minimum atomic E-state index is -0.302. The van der Waals surface area contributed by atoms with Crippen LogP contribution in [0.1, 0.15) is 0 Å². The average molecular weight is 364 g/mol. The van der Waals surface area contributed by atoms with Crippen molar-refractivity contribution in [2.75, 3.05) is 0 Å². The standard InChI is InChI=1S/C12H6Br2ClF/c13-8-4-2-5-9(15)11(8)7-3-1-6-10(16)12(7)14/h1-6H. The van der Waals surface area contributed by atoms with Crippen molar-refractivity contribution < 1.29 is 4.39 Å². The summed E-state index contributed by atoms with van der Waals surface area (Å²) in [5.41, 5.74) is 1.52. The van der Waals surface area contributed by atoms with Crippen LogP contribution in [0.5, 0.6) is 0 Å². The SMILES string of the molecule is Fc1cccc(-c2c(Cl)cccc2Br)c1Br. The fourth-order valence-corrected chi connectivity index (χ4v) is 2.88. The minimum absolute atomic E-state index is 0.302. The van der Waals surface area contributed by atoms with E-state index in [-0.39, 0.29) is 5.82 Å². The monoisotopic (exact) mass is 362 g/mol. The zero-order valence-electron chi connectivity index (χ0n) is 7.98. The molecule has 0 atom stereocenters. The van der Waals surface area contributed by atoms with Crippen molar-refractivity contribution in [2.24, 2.45) is 0 Å². The van der Waals surface area contributed by atoms with Gasteiger partial charge >= 0.3 is 0 Å². The van der Waals surface area contributed by atoms with Gasteiger partial charge in [0.25, 0.3) is 0 Å². The van der Waals surface area contributed by atoms with Crippen molar-refractivity contribution in [1.82, 2.24) is 0 Å². The van der Waals surface area contributed by atoms with Crippen LogP contribution in [0.2, 0.25) is 5.02 Å². The van der Waals surface area contributed by atoms with Crippen LogP contribution in [-0.4, -0.2) is 0 Å². The van der Waals surface area contributed by atoms with E-state index >= 15 is 0 Å². The van der Waals surface area contributed by atoms with Gasteiger partial charge in [0.2, 0.25) is 0 Å². The molecule has 0 bridgehead atoms. The smallest absolute Gasteiger partial charge is 0.138 e.